The normalized spacial score (nSPS) is 10.1. The molecule has 8 heteroatoms. The third kappa shape index (κ3) is 6.40. The number of hydrogen-bond acceptors (Lipinski definition) is 4. The number of carbonyl (C=O) groups is 2. The van der Waals surface area contributed by atoms with Gasteiger partial charge in [0.1, 0.15) is 11.5 Å². The van der Waals surface area contributed by atoms with Crippen molar-refractivity contribution in [2.75, 3.05) is 24.9 Å². The summed E-state index contributed by atoms with van der Waals surface area (Å²) in [6.07, 6.45) is 0. The van der Waals surface area contributed by atoms with E-state index in [4.69, 9.17) is 9.47 Å². The molecule has 0 aliphatic heterocycles. The minimum Gasteiger partial charge on any atom is -0.496 e. The lowest BCUT2D eigenvalue weighted by atomic mass is 10.2. The highest BCUT2D eigenvalue weighted by Gasteiger charge is 2.07. The molecule has 32 heavy (non-hydrogen) atoms. The average molecular weight is 434 g/mol. The molecule has 0 aliphatic carbocycles. The summed E-state index contributed by atoms with van der Waals surface area (Å²) in [5, 5.41) is 11.1. The van der Waals surface area contributed by atoms with Crippen LogP contribution < -0.4 is 30.7 Å². The number of anilines is 2. The van der Waals surface area contributed by atoms with E-state index in [1.165, 1.54) is 0 Å². The van der Waals surface area contributed by atoms with Gasteiger partial charge in [-0.3, -0.25) is 0 Å². The van der Waals surface area contributed by atoms with Gasteiger partial charge in [0.25, 0.3) is 0 Å². The third-order valence-electron chi connectivity index (χ3n) is 4.66. The zero-order chi connectivity index (χ0) is 22.8. The number of nitrogens with one attached hydrogen (secondary N) is 4. The molecule has 4 amide bonds. The highest BCUT2D eigenvalue weighted by molar-refractivity contribution is 5.91. The van der Waals surface area contributed by atoms with Crippen molar-refractivity contribution in [2.24, 2.45) is 0 Å². The van der Waals surface area contributed by atoms with Crippen LogP contribution in [0.3, 0.4) is 0 Å². The summed E-state index contributed by atoms with van der Waals surface area (Å²) in [5.74, 6) is 1.43. The molecule has 0 fully saturated rings. The van der Waals surface area contributed by atoms with E-state index in [9.17, 15) is 9.59 Å². The minimum absolute atomic E-state index is 0.335. The van der Waals surface area contributed by atoms with Gasteiger partial charge >= 0.3 is 12.1 Å². The van der Waals surface area contributed by atoms with E-state index >= 15 is 0 Å². The van der Waals surface area contributed by atoms with Crippen LogP contribution in [-0.2, 0) is 13.1 Å². The largest absolute Gasteiger partial charge is 0.496 e. The number of carbonyl (C=O) groups excluding carboxylic acids is 2. The van der Waals surface area contributed by atoms with Crippen LogP contribution in [0.5, 0.6) is 11.5 Å². The van der Waals surface area contributed by atoms with E-state index in [2.05, 4.69) is 21.3 Å². The van der Waals surface area contributed by atoms with E-state index < -0.39 is 0 Å². The molecule has 0 aromatic heterocycles. The van der Waals surface area contributed by atoms with Crippen molar-refractivity contribution in [2.45, 2.75) is 13.1 Å². The highest BCUT2D eigenvalue weighted by atomic mass is 16.5. The summed E-state index contributed by atoms with van der Waals surface area (Å²) in [4.78, 5) is 24.3. The molecule has 0 radical (unpaired) electrons. The maximum Gasteiger partial charge on any atom is 0.319 e. The van der Waals surface area contributed by atoms with Crippen molar-refractivity contribution < 1.29 is 19.1 Å². The van der Waals surface area contributed by atoms with Crippen LogP contribution in [0.15, 0.2) is 72.8 Å². The molecule has 0 heterocycles. The molecule has 166 valence electrons. The van der Waals surface area contributed by atoms with E-state index in [0.717, 1.165) is 11.1 Å². The fourth-order valence-corrected chi connectivity index (χ4v) is 3.04. The zero-order valence-electron chi connectivity index (χ0n) is 18.0. The number of urea groups is 2. The number of benzene rings is 3. The summed E-state index contributed by atoms with van der Waals surface area (Å²) >= 11 is 0. The Labute approximate surface area is 186 Å². The molecule has 3 aromatic rings. The molecule has 0 atom stereocenters. The molecule has 3 rings (SSSR count). The lowest BCUT2D eigenvalue weighted by molar-refractivity contribution is 0.250. The maximum absolute atomic E-state index is 12.2. The highest BCUT2D eigenvalue weighted by Crippen LogP contribution is 2.18. The van der Waals surface area contributed by atoms with Gasteiger partial charge in [-0.2, -0.15) is 0 Å². The van der Waals surface area contributed by atoms with Gasteiger partial charge in [-0.25, -0.2) is 9.59 Å². The van der Waals surface area contributed by atoms with Crippen molar-refractivity contribution in [1.29, 1.82) is 0 Å². The van der Waals surface area contributed by atoms with Gasteiger partial charge in [0.05, 0.1) is 14.2 Å². The standard InChI is InChI=1S/C24H26N4O4/c1-31-21-9-5-3-7-17(21)15-25-23(29)27-19-11-13-20(14-12-19)28-24(30)26-16-18-8-4-6-10-22(18)32-2/h3-14H,15-16H2,1-2H3,(H2,25,27,29)(H2,26,28,30). The van der Waals surface area contributed by atoms with Crippen molar-refractivity contribution in [3.05, 3.63) is 83.9 Å². The lowest BCUT2D eigenvalue weighted by Gasteiger charge is -2.12. The van der Waals surface area contributed by atoms with Gasteiger partial charge in [-0.15, -0.1) is 0 Å². The van der Waals surface area contributed by atoms with Gasteiger partial charge in [0.2, 0.25) is 0 Å². The summed E-state index contributed by atoms with van der Waals surface area (Å²) in [7, 11) is 3.18. The quantitative estimate of drug-likeness (QED) is 0.423. The van der Waals surface area contributed by atoms with Gasteiger partial charge in [0, 0.05) is 35.6 Å². The van der Waals surface area contributed by atoms with Crippen LogP contribution >= 0.6 is 0 Å². The van der Waals surface area contributed by atoms with Crippen LogP contribution in [0.2, 0.25) is 0 Å². The predicted molar refractivity (Wildman–Crippen MR) is 124 cm³/mol. The molecule has 4 N–H and O–H groups in total. The van der Waals surface area contributed by atoms with Crippen LogP contribution in [0, 0.1) is 0 Å². The molecule has 3 aromatic carbocycles. The number of para-hydroxylation sites is 2. The smallest absolute Gasteiger partial charge is 0.319 e. The van der Waals surface area contributed by atoms with Crippen molar-refractivity contribution >= 4 is 23.4 Å². The molecule has 0 bridgehead atoms. The first-order valence-corrected chi connectivity index (χ1v) is 10.0. The Kier molecular flexibility index (Phi) is 7.91. The summed E-state index contributed by atoms with van der Waals surface area (Å²) in [6.45, 7) is 0.670. The fourth-order valence-electron chi connectivity index (χ4n) is 3.04. The Bertz CT molecular complexity index is 969. The Morgan fingerprint density at radius 1 is 0.625 bits per heavy atom. The Hall–Kier alpha value is -4.20. The second-order valence-electron chi connectivity index (χ2n) is 6.82. The minimum atomic E-state index is -0.342. The molecule has 0 aliphatic rings. The number of amides is 4. The van der Waals surface area contributed by atoms with Crippen LogP contribution in [-0.4, -0.2) is 26.3 Å². The monoisotopic (exact) mass is 434 g/mol. The van der Waals surface area contributed by atoms with E-state index in [1.807, 2.05) is 48.5 Å². The number of hydrogen-bond donors (Lipinski definition) is 4. The summed E-state index contributed by atoms with van der Waals surface area (Å²) in [5.41, 5.74) is 2.96. The maximum atomic E-state index is 12.2. The molecule has 0 saturated carbocycles. The van der Waals surface area contributed by atoms with Crippen LogP contribution in [0.1, 0.15) is 11.1 Å². The van der Waals surface area contributed by atoms with Gasteiger partial charge in [0.15, 0.2) is 0 Å². The Morgan fingerprint density at radius 2 is 1.00 bits per heavy atom. The molecular weight excluding hydrogens is 408 g/mol. The lowest BCUT2D eigenvalue weighted by Crippen LogP contribution is -2.29. The van der Waals surface area contributed by atoms with Gasteiger partial charge < -0.3 is 30.7 Å². The number of methoxy groups -OCH3 is 2. The first-order chi connectivity index (χ1) is 15.6. The van der Waals surface area contributed by atoms with Crippen molar-refractivity contribution in [3.8, 4) is 11.5 Å². The Balaban J connectivity index is 1.46. The summed E-state index contributed by atoms with van der Waals surface area (Å²) < 4.78 is 10.6. The van der Waals surface area contributed by atoms with Gasteiger partial charge in [-0.05, 0) is 36.4 Å². The molecule has 8 nitrogen and oxygen atoms in total. The molecule has 0 saturated heterocycles. The fraction of sp³-hybridized carbons (Fsp3) is 0.167. The molecular formula is C24H26N4O4. The average Bonchev–Trinajstić information content (AvgIpc) is 2.83. The van der Waals surface area contributed by atoms with E-state index in [0.29, 0.717) is 36.0 Å². The zero-order valence-corrected chi connectivity index (χ0v) is 18.0. The van der Waals surface area contributed by atoms with Crippen molar-refractivity contribution in [3.63, 3.8) is 0 Å². The number of rotatable bonds is 8. The molecule has 0 spiro atoms. The Morgan fingerprint density at radius 3 is 1.38 bits per heavy atom. The van der Waals surface area contributed by atoms with E-state index in [1.54, 1.807) is 38.5 Å². The van der Waals surface area contributed by atoms with Crippen LogP contribution in [0.25, 0.3) is 0 Å². The third-order valence-corrected chi connectivity index (χ3v) is 4.66. The van der Waals surface area contributed by atoms with Crippen LogP contribution in [0.4, 0.5) is 21.0 Å². The first kappa shape index (κ1) is 22.5. The second kappa shape index (κ2) is 11.3. The second-order valence-corrected chi connectivity index (χ2v) is 6.82. The van der Waals surface area contributed by atoms with E-state index in [-0.39, 0.29) is 12.1 Å². The topological polar surface area (TPSA) is 101 Å². The predicted octanol–water partition coefficient (Wildman–Crippen LogP) is 4.35. The van der Waals surface area contributed by atoms with Crippen molar-refractivity contribution in [1.82, 2.24) is 10.6 Å². The molecule has 0 unspecified atom stereocenters. The van der Waals surface area contributed by atoms with Gasteiger partial charge in [-0.1, -0.05) is 36.4 Å². The number of ether oxygens (including phenoxy) is 2. The SMILES string of the molecule is COc1ccccc1CNC(=O)Nc1ccc(NC(=O)NCc2ccccc2OC)cc1. The first-order valence-electron chi connectivity index (χ1n) is 10.0. The summed E-state index contributed by atoms with van der Waals surface area (Å²) in [6, 6.07) is 21.1.